The van der Waals surface area contributed by atoms with Crippen LogP contribution in [0, 0.1) is 5.41 Å². The van der Waals surface area contributed by atoms with E-state index < -0.39 is 13.7 Å². The minimum atomic E-state index is -1.73. The van der Waals surface area contributed by atoms with Gasteiger partial charge in [-0.1, -0.05) is 0 Å². The quantitative estimate of drug-likeness (QED) is 0.560. The molecular weight excluding hydrogens is 359 g/mol. The zero-order chi connectivity index (χ0) is 16.4. The normalized spacial score (nSPS) is 19.5. The molecule has 2 rings (SSSR count). The summed E-state index contributed by atoms with van der Waals surface area (Å²) < 4.78 is 7.58. The Morgan fingerprint density at radius 1 is 1.14 bits per heavy atom. The molecule has 22 heavy (non-hydrogen) atoms. The van der Waals surface area contributed by atoms with Gasteiger partial charge < -0.3 is 0 Å². The third kappa shape index (κ3) is 4.39. The molecule has 1 aromatic rings. The van der Waals surface area contributed by atoms with Gasteiger partial charge in [-0.15, -0.1) is 0 Å². The number of carbonyl (C=O) groups is 2. The van der Waals surface area contributed by atoms with Crippen LogP contribution in [0.25, 0.3) is 0 Å². The molecule has 0 aliphatic heterocycles. The number of rotatable bonds is 6. The second-order valence-corrected chi connectivity index (χ2v) is 14.0. The van der Waals surface area contributed by atoms with Crippen LogP contribution in [0.1, 0.15) is 26.2 Å². The summed E-state index contributed by atoms with van der Waals surface area (Å²) in [5.74, 6) is 0.177. The molecule has 1 aromatic carbocycles. The molecule has 1 fully saturated rings. The number of Topliss-reactive ketones (excluding diaryl/α,β-unsaturated/α-hetero) is 2. The Morgan fingerprint density at radius 3 is 2.18 bits per heavy atom. The summed E-state index contributed by atoms with van der Waals surface area (Å²) in [6, 6.07) is 10.2. The van der Waals surface area contributed by atoms with Crippen molar-refractivity contribution < 1.29 is 14.0 Å². The Labute approximate surface area is 140 Å². The Morgan fingerprint density at radius 2 is 1.68 bits per heavy atom. The Balaban J connectivity index is 2.17. The summed E-state index contributed by atoms with van der Waals surface area (Å²) >= 11 is 0.105. The number of hydrogen-bond acceptors (Lipinski definition) is 3. The molecule has 0 bridgehead atoms. The SMILES string of the molecule is CC1(CC(O[Si](C)(C)C)[Se]c2ccccc2)C(=O)CCC1=O. The van der Waals surface area contributed by atoms with Crippen molar-refractivity contribution in [3.8, 4) is 0 Å². The van der Waals surface area contributed by atoms with E-state index in [1.165, 1.54) is 4.46 Å². The maximum atomic E-state index is 12.2. The number of benzene rings is 1. The van der Waals surface area contributed by atoms with Gasteiger partial charge >= 0.3 is 140 Å². The molecule has 5 heteroatoms. The molecule has 3 nitrogen and oxygen atoms in total. The summed E-state index contributed by atoms with van der Waals surface area (Å²) in [7, 11) is -1.73. The van der Waals surface area contributed by atoms with Gasteiger partial charge in [-0.2, -0.15) is 0 Å². The Hall–Kier alpha value is -0.744. The van der Waals surface area contributed by atoms with E-state index in [1.54, 1.807) is 0 Å². The van der Waals surface area contributed by atoms with Crippen LogP contribution in [-0.2, 0) is 14.0 Å². The van der Waals surface area contributed by atoms with Gasteiger partial charge in [-0.25, -0.2) is 0 Å². The predicted molar refractivity (Wildman–Crippen MR) is 92.0 cm³/mol. The number of ketones is 2. The molecule has 0 amide bonds. The molecule has 0 aromatic heterocycles. The molecular formula is C17H24O3SeSi. The van der Waals surface area contributed by atoms with Crippen LogP contribution in [0.15, 0.2) is 30.3 Å². The van der Waals surface area contributed by atoms with E-state index in [-0.39, 0.29) is 31.5 Å². The van der Waals surface area contributed by atoms with E-state index in [9.17, 15) is 9.59 Å². The van der Waals surface area contributed by atoms with Gasteiger partial charge in [-0.3, -0.25) is 0 Å². The first kappa shape index (κ1) is 17.6. The van der Waals surface area contributed by atoms with Crippen LogP contribution < -0.4 is 4.46 Å². The predicted octanol–water partition coefficient (Wildman–Crippen LogP) is 2.52. The van der Waals surface area contributed by atoms with E-state index >= 15 is 0 Å². The van der Waals surface area contributed by atoms with Gasteiger partial charge in [0.1, 0.15) is 0 Å². The first-order valence-corrected chi connectivity index (χ1v) is 12.9. The van der Waals surface area contributed by atoms with Crippen LogP contribution >= 0.6 is 0 Å². The summed E-state index contributed by atoms with van der Waals surface area (Å²) in [4.78, 5) is 24.4. The summed E-state index contributed by atoms with van der Waals surface area (Å²) in [5, 5.41) is -0.0161. The van der Waals surface area contributed by atoms with Gasteiger partial charge in [0.25, 0.3) is 0 Å². The van der Waals surface area contributed by atoms with Gasteiger partial charge in [-0.05, 0) is 0 Å². The van der Waals surface area contributed by atoms with Crippen LogP contribution in [0.3, 0.4) is 0 Å². The second-order valence-electron chi connectivity index (χ2n) is 6.97. The fourth-order valence-corrected chi connectivity index (χ4v) is 7.86. The Bertz CT molecular complexity index is 535. The Kier molecular flexibility index (Phi) is 5.44. The molecule has 120 valence electrons. The van der Waals surface area contributed by atoms with Gasteiger partial charge in [0.2, 0.25) is 0 Å². The molecule has 0 heterocycles. The number of hydrogen-bond donors (Lipinski definition) is 0. The van der Waals surface area contributed by atoms with Crippen molar-refractivity contribution in [2.45, 2.75) is 50.8 Å². The molecule has 0 spiro atoms. The molecule has 1 aliphatic carbocycles. The standard InChI is InChI=1S/C17H24O3SeSi/c1-17(14(18)10-11-15(17)19)12-16(20-22(2,3)4)21-13-8-6-5-7-9-13/h5-9,16H,10-12H2,1-4H3. The van der Waals surface area contributed by atoms with Crippen LogP contribution in [0.5, 0.6) is 0 Å². The van der Waals surface area contributed by atoms with Crippen molar-refractivity contribution in [1.82, 2.24) is 0 Å². The average Bonchev–Trinajstić information content (AvgIpc) is 2.66. The van der Waals surface area contributed by atoms with Crippen molar-refractivity contribution in [3.63, 3.8) is 0 Å². The second kappa shape index (κ2) is 6.79. The first-order valence-electron chi connectivity index (χ1n) is 7.67. The van der Waals surface area contributed by atoms with Gasteiger partial charge in [0.05, 0.1) is 0 Å². The monoisotopic (exact) mass is 384 g/mol. The zero-order valence-corrected chi connectivity index (χ0v) is 16.4. The molecule has 1 atom stereocenters. The topological polar surface area (TPSA) is 43.4 Å². The molecule has 1 aliphatic rings. The van der Waals surface area contributed by atoms with Crippen molar-refractivity contribution in [2.24, 2.45) is 5.41 Å². The molecule has 0 saturated heterocycles. The van der Waals surface area contributed by atoms with Crippen molar-refractivity contribution >= 4 is 39.3 Å². The molecule has 1 saturated carbocycles. The molecule has 0 N–H and O–H groups in total. The van der Waals surface area contributed by atoms with Gasteiger partial charge in [0, 0.05) is 0 Å². The van der Waals surface area contributed by atoms with Gasteiger partial charge in [0.15, 0.2) is 0 Å². The maximum absolute atomic E-state index is 12.2. The number of carbonyl (C=O) groups excluding carboxylic acids is 2. The van der Waals surface area contributed by atoms with Crippen LogP contribution in [0.4, 0.5) is 0 Å². The summed E-state index contributed by atoms with van der Waals surface area (Å²) in [5.41, 5.74) is -0.832. The van der Waals surface area contributed by atoms with Crippen LogP contribution in [-0.4, -0.2) is 39.8 Å². The van der Waals surface area contributed by atoms with E-state index in [1.807, 2.05) is 25.1 Å². The van der Waals surface area contributed by atoms with E-state index in [0.717, 1.165) is 0 Å². The van der Waals surface area contributed by atoms with Crippen molar-refractivity contribution in [1.29, 1.82) is 0 Å². The minimum absolute atomic E-state index is 0.0161. The third-order valence-corrected chi connectivity index (χ3v) is 7.50. The first-order chi connectivity index (χ1) is 10.2. The van der Waals surface area contributed by atoms with E-state index in [4.69, 9.17) is 4.43 Å². The molecule has 0 radical (unpaired) electrons. The summed E-state index contributed by atoms with van der Waals surface area (Å²) in [6.07, 6.45) is 1.32. The third-order valence-electron chi connectivity index (χ3n) is 3.88. The average molecular weight is 383 g/mol. The summed E-state index contributed by atoms with van der Waals surface area (Å²) in [6.45, 7) is 8.28. The zero-order valence-electron chi connectivity index (χ0n) is 13.7. The fraction of sp³-hybridized carbons (Fsp3) is 0.529. The molecule has 1 unspecified atom stereocenters. The van der Waals surface area contributed by atoms with E-state index in [0.29, 0.717) is 19.3 Å². The van der Waals surface area contributed by atoms with Crippen molar-refractivity contribution in [2.75, 3.05) is 0 Å². The van der Waals surface area contributed by atoms with E-state index in [2.05, 4.69) is 31.8 Å². The fourth-order valence-electron chi connectivity index (χ4n) is 2.65. The van der Waals surface area contributed by atoms with Crippen LogP contribution in [0.2, 0.25) is 19.6 Å². The van der Waals surface area contributed by atoms with Crippen molar-refractivity contribution in [3.05, 3.63) is 30.3 Å².